The van der Waals surface area contributed by atoms with Crippen molar-refractivity contribution >= 4 is 16.8 Å². The molecule has 0 aromatic heterocycles. The standard InChI is InChI=1S/C5H9NS/c1-4-5(6-2)7-3/h4H,1H2,2-3H3. The average molecular weight is 115 g/mol. The Hall–Kier alpha value is -0.240. The van der Waals surface area contributed by atoms with Gasteiger partial charge in [-0.25, -0.2) is 0 Å². The second-order valence-corrected chi connectivity index (χ2v) is 1.80. The van der Waals surface area contributed by atoms with Crippen molar-refractivity contribution in [3.05, 3.63) is 12.7 Å². The summed E-state index contributed by atoms with van der Waals surface area (Å²) in [5.41, 5.74) is 0. The van der Waals surface area contributed by atoms with Crippen molar-refractivity contribution < 1.29 is 0 Å². The Kier molecular flexibility index (Phi) is 3.80. The van der Waals surface area contributed by atoms with Crippen LogP contribution >= 0.6 is 11.8 Å². The Morgan fingerprint density at radius 2 is 2.43 bits per heavy atom. The van der Waals surface area contributed by atoms with Gasteiger partial charge in [-0.3, -0.25) is 4.99 Å². The first-order chi connectivity index (χ1) is 3.35. The highest BCUT2D eigenvalue weighted by atomic mass is 32.2. The average Bonchev–Trinajstić information content (AvgIpc) is 1.72. The molecular weight excluding hydrogens is 106 g/mol. The summed E-state index contributed by atoms with van der Waals surface area (Å²) in [6.07, 6.45) is 3.72. The van der Waals surface area contributed by atoms with E-state index in [9.17, 15) is 0 Å². The van der Waals surface area contributed by atoms with Crippen LogP contribution in [0.25, 0.3) is 0 Å². The second-order valence-electron chi connectivity index (χ2n) is 0.970. The van der Waals surface area contributed by atoms with Crippen LogP contribution < -0.4 is 0 Å². The number of rotatable bonds is 1. The van der Waals surface area contributed by atoms with E-state index in [4.69, 9.17) is 0 Å². The third kappa shape index (κ3) is 2.45. The highest BCUT2D eigenvalue weighted by molar-refractivity contribution is 8.13. The number of nitrogens with zero attached hydrogens (tertiary/aromatic N) is 1. The molecule has 0 saturated carbocycles. The summed E-state index contributed by atoms with van der Waals surface area (Å²) in [5, 5.41) is 0.986. The first-order valence-electron chi connectivity index (χ1n) is 1.98. The van der Waals surface area contributed by atoms with Gasteiger partial charge < -0.3 is 0 Å². The third-order valence-corrected chi connectivity index (χ3v) is 1.37. The van der Waals surface area contributed by atoms with E-state index in [-0.39, 0.29) is 0 Å². The van der Waals surface area contributed by atoms with Gasteiger partial charge >= 0.3 is 0 Å². The van der Waals surface area contributed by atoms with E-state index in [1.807, 2.05) is 6.26 Å². The fourth-order valence-electron chi connectivity index (χ4n) is 0.266. The Morgan fingerprint density at radius 1 is 1.86 bits per heavy atom. The molecule has 0 rings (SSSR count). The molecule has 0 aromatic rings. The summed E-state index contributed by atoms with van der Waals surface area (Å²) in [6, 6.07) is 0. The summed E-state index contributed by atoms with van der Waals surface area (Å²) >= 11 is 1.60. The summed E-state index contributed by atoms with van der Waals surface area (Å²) in [6.45, 7) is 3.55. The number of aliphatic imine (C=N–C) groups is 1. The molecule has 0 aliphatic rings. The van der Waals surface area contributed by atoms with Crippen LogP contribution in [0, 0.1) is 0 Å². The zero-order valence-electron chi connectivity index (χ0n) is 4.64. The van der Waals surface area contributed by atoms with E-state index >= 15 is 0 Å². The maximum atomic E-state index is 3.89. The van der Waals surface area contributed by atoms with Crippen molar-refractivity contribution in [1.82, 2.24) is 0 Å². The molecular formula is C5H9NS. The topological polar surface area (TPSA) is 12.4 Å². The monoisotopic (exact) mass is 115 g/mol. The minimum Gasteiger partial charge on any atom is -0.282 e. The minimum absolute atomic E-state index is 0.986. The van der Waals surface area contributed by atoms with E-state index in [0.717, 1.165) is 5.04 Å². The van der Waals surface area contributed by atoms with Gasteiger partial charge in [0.15, 0.2) is 0 Å². The van der Waals surface area contributed by atoms with E-state index in [0.29, 0.717) is 0 Å². The first kappa shape index (κ1) is 6.76. The Labute approximate surface area is 48.5 Å². The molecule has 1 nitrogen and oxygen atoms in total. The van der Waals surface area contributed by atoms with Gasteiger partial charge in [0, 0.05) is 7.05 Å². The zero-order valence-corrected chi connectivity index (χ0v) is 5.46. The van der Waals surface area contributed by atoms with Crippen LogP contribution in [0.1, 0.15) is 0 Å². The highest BCUT2D eigenvalue weighted by Gasteiger charge is 1.80. The fraction of sp³-hybridized carbons (Fsp3) is 0.400. The molecule has 0 aromatic carbocycles. The molecule has 0 atom stereocenters. The Morgan fingerprint density at radius 3 is 2.43 bits per heavy atom. The molecule has 0 heterocycles. The lowest BCUT2D eigenvalue weighted by Crippen LogP contribution is -1.79. The number of hydrogen-bond acceptors (Lipinski definition) is 2. The van der Waals surface area contributed by atoms with E-state index in [1.54, 1.807) is 24.9 Å². The van der Waals surface area contributed by atoms with Crippen molar-refractivity contribution in [2.24, 2.45) is 4.99 Å². The first-order valence-corrected chi connectivity index (χ1v) is 3.20. The molecule has 0 unspecified atom stereocenters. The van der Waals surface area contributed by atoms with Crippen molar-refractivity contribution in [3.63, 3.8) is 0 Å². The second kappa shape index (κ2) is 3.93. The maximum absolute atomic E-state index is 3.89. The quantitative estimate of drug-likeness (QED) is 0.373. The van der Waals surface area contributed by atoms with Crippen molar-refractivity contribution in [2.75, 3.05) is 13.3 Å². The molecule has 0 aliphatic carbocycles. The molecule has 2 heteroatoms. The maximum Gasteiger partial charge on any atom is 0.0892 e. The minimum atomic E-state index is 0.986. The molecule has 0 amide bonds. The van der Waals surface area contributed by atoms with E-state index in [1.165, 1.54) is 0 Å². The van der Waals surface area contributed by atoms with Crippen LogP contribution in [0.5, 0.6) is 0 Å². The molecule has 40 valence electrons. The molecule has 0 bridgehead atoms. The summed E-state index contributed by atoms with van der Waals surface area (Å²) < 4.78 is 0. The van der Waals surface area contributed by atoms with Crippen molar-refractivity contribution in [3.8, 4) is 0 Å². The highest BCUT2D eigenvalue weighted by Crippen LogP contribution is 1.96. The van der Waals surface area contributed by atoms with Crippen LogP contribution in [0.15, 0.2) is 17.6 Å². The Bertz CT molecular complexity index is 86.1. The molecule has 0 N–H and O–H groups in total. The SMILES string of the molecule is C=CC(=NC)SC. The normalized spacial score (nSPS) is 11.4. The van der Waals surface area contributed by atoms with Gasteiger partial charge in [0.25, 0.3) is 0 Å². The lowest BCUT2D eigenvalue weighted by molar-refractivity contribution is 1.47. The predicted octanol–water partition coefficient (Wildman–Crippen LogP) is 1.56. The lowest BCUT2D eigenvalue weighted by atomic mass is 10.7. The van der Waals surface area contributed by atoms with Crippen LogP contribution in [-0.4, -0.2) is 18.3 Å². The number of hydrogen-bond donors (Lipinski definition) is 0. The molecule has 7 heavy (non-hydrogen) atoms. The van der Waals surface area contributed by atoms with Gasteiger partial charge in [-0.2, -0.15) is 0 Å². The van der Waals surface area contributed by atoms with Crippen molar-refractivity contribution in [2.45, 2.75) is 0 Å². The zero-order chi connectivity index (χ0) is 5.70. The summed E-state index contributed by atoms with van der Waals surface area (Å²) in [5.74, 6) is 0. The van der Waals surface area contributed by atoms with Crippen LogP contribution in [0.4, 0.5) is 0 Å². The molecule has 0 spiro atoms. The summed E-state index contributed by atoms with van der Waals surface area (Å²) in [4.78, 5) is 3.89. The molecule has 0 saturated heterocycles. The van der Waals surface area contributed by atoms with E-state index in [2.05, 4.69) is 11.6 Å². The molecule has 0 fully saturated rings. The van der Waals surface area contributed by atoms with Crippen LogP contribution in [0.2, 0.25) is 0 Å². The Balaban J connectivity index is 3.60. The van der Waals surface area contributed by atoms with Gasteiger partial charge in [-0.15, -0.1) is 11.8 Å². The smallest absolute Gasteiger partial charge is 0.0892 e. The largest absolute Gasteiger partial charge is 0.282 e. The van der Waals surface area contributed by atoms with Gasteiger partial charge in [0.1, 0.15) is 0 Å². The van der Waals surface area contributed by atoms with Gasteiger partial charge in [0.05, 0.1) is 5.04 Å². The molecule has 0 radical (unpaired) electrons. The fourth-order valence-corrected chi connectivity index (χ4v) is 0.615. The van der Waals surface area contributed by atoms with Crippen molar-refractivity contribution in [1.29, 1.82) is 0 Å². The lowest BCUT2D eigenvalue weighted by Gasteiger charge is -1.86. The van der Waals surface area contributed by atoms with Crippen LogP contribution in [-0.2, 0) is 0 Å². The predicted molar refractivity (Wildman–Crippen MR) is 37.1 cm³/mol. The van der Waals surface area contributed by atoms with Gasteiger partial charge in [-0.1, -0.05) is 6.58 Å². The van der Waals surface area contributed by atoms with Crippen LogP contribution in [0.3, 0.4) is 0 Å². The van der Waals surface area contributed by atoms with Gasteiger partial charge in [-0.05, 0) is 12.3 Å². The van der Waals surface area contributed by atoms with Gasteiger partial charge in [0.2, 0.25) is 0 Å². The molecule has 0 aliphatic heterocycles. The number of thioether (sulfide) groups is 1. The third-order valence-electron chi connectivity index (χ3n) is 0.604. The summed E-state index contributed by atoms with van der Waals surface area (Å²) in [7, 11) is 1.76. The van der Waals surface area contributed by atoms with E-state index < -0.39 is 0 Å².